The molecule has 5 atom stereocenters. The SMILES string of the molecule is CCOP(=O)(C[C@@H](O)[C@H]1O[C@@H](n2ccc(=O)[nH]c2=O)[C@H](O)[C@H]1O)OCC. The molecule has 26 heavy (non-hydrogen) atoms. The smallest absolute Gasteiger partial charge is 0.333 e. The first-order valence-electron chi connectivity index (χ1n) is 8.11. The molecule has 0 aromatic carbocycles. The third kappa shape index (κ3) is 4.49. The van der Waals surface area contributed by atoms with E-state index in [1.807, 2.05) is 4.98 Å². The van der Waals surface area contributed by atoms with Crippen molar-refractivity contribution in [2.24, 2.45) is 0 Å². The number of nitrogens with zero attached hydrogens (tertiary/aromatic N) is 1. The van der Waals surface area contributed by atoms with Gasteiger partial charge in [0.2, 0.25) is 0 Å². The summed E-state index contributed by atoms with van der Waals surface area (Å²) in [6, 6.07) is 1.05. The van der Waals surface area contributed by atoms with Gasteiger partial charge in [-0.1, -0.05) is 0 Å². The first-order valence-corrected chi connectivity index (χ1v) is 9.84. The molecule has 1 aliphatic heterocycles. The highest BCUT2D eigenvalue weighted by atomic mass is 31.2. The summed E-state index contributed by atoms with van der Waals surface area (Å²) in [6.45, 7) is 3.41. The van der Waals surface area contributed by atoms with E-state index in [2.05, 4.69) is 0 Å². The molecule has 1 aromatic rings. The second-order valence-electron chi connectivity index (χ2n) is 5.69. The van der Waals surface area contributed by atoms with Crippen LogP contribution in [0.25, 0.3) is 0 Å². The molecule has 12 heteroatoms. The van der Waals surface area contributed by atoms with Crippen molar-refractivity contribution in [1.29, 1.82) is 0 Å². The molecule has 0 bridgehead atoms. The molecule has 11 nitrogen and oxygen atoms in total. The summed E-state index contributed by atoms with van der Waals surface area (Å²) in [5, 5.41) is 30.7. The minimum absolute atomic E-state index is 0.0934. The molecule has 4 N–H and O–H groups in total. The highest BCUT2D eigenvalue weighted by Gasteiger charge is 2.48. The van der Waals surface area contributed by atoms with Crippen molar-refractivity contribution in [1.82, 2.24) is 9.55 Å². The highest BCUT2D eigenvalue weighted by Crippen LogP contribution is 2.49. The molecule has 0 unspecified atom stereocenters. The van der Waals surface area contributed by atoms with E-state index in [1.54, 1.807) is 13.8 Å². The summed E-state index contributed by atoms with van der Waals surface area (Å²) in [6.07, 6.45) is -6.66. The van der Waals surface area contributed by atoms with Crippen molar-refractivity contribution in [3.05, 3.63) is 33.1 Å². The summed E-state index contributed by atoms with van der Waals surface area (Å²) in [5.74, 6) is 0. The molecule has 1 aromatic heterocycles. The quantitative estimate of drug-likeness (QED) is 0.396. The fourth-order valence-corrected chi connectivity index (χ4v) is 4.47. The van der Waals surface area contributed by atoms with Crippen LogP contribution in [0, 0.1) is 0 Å². The molecule has 0 radical (unpaired) electrons. The Balaban J connectivity index is 2.19. The van der Waals surface area contributed by atoms with Gasteiger partial charge in [0, 0.05) is 12.3 Å². The molecule has 1 aliphatic rings. The van der Waals surface area contributed by atoms with E-state index in [9.17, 15) is 29.5 Å². The molecule has 0 saturated carbocycles. The van der Waals surface area contributed by atoms with Gasteiger partial charge in [0.15, 0.2) is 6.23 Å². The number of aromatic amines is 1. The van der Waals surface area contributed by atoms with Crippen molar-refractivity contribution < 1.29 is 33.7 Å². The fourth-order valence-electron chi connectivity index (χ4n) is 2.73. The third-order valence-electron chi connectivity index (χ3n) is 3.84. The lowest BCUT2D eigenvalue weighted by Gasteiger charge is -2.25. The molecule has 0 amide bonds. The molecule has 2 heterocycles. The summed E-state index contributed by atoms with van der Waals surface area (Å²) >= 11 is 0. The average molecular weight is 394 g/mol. The van der Waals surface area contributed by atoms with Crippen LogP contribution in [-0.4, -0.2) is 68.7 Å². The van der Waals surface area contributed by atoms with E-state index in [4.69, 9.17) is 13.8 Å². The van der Waals surface area contributed by atoms with Gasteiger partial charge in [0.05, 0.1) is 25.5 Å². The number of ether oxygens (including phenoxy) is 1. The number of aliphatic hydroxyl groups excluding tert-OH is 3. The van der Waals surface area contributed by atoms with Crippen molar-refractivity contribution in [2.45, 2.75) is 44.5 Å². The van der Waals surface area contributed by atoms with Gasteiger partial charge >= 0.3 is 13.3 Å². The maximum Gasteiger partial charge on any atom is 0.333 e. The largest absolute Gasteiger partial charge is 0.390 e. The van der Waals surface area contributed by atoms with Crippen molar-refractivity contribution in [3.63, 3.8) is 0 Å². The van der Waals surface area contributed by atoms with Crippen LogP contribution < -0.4 is 11.2 Å². The Morgan fingerprint density at radius 2 is 1.88 bits per heavy atom. The van der Waals surface area contributed by atoms with Crippen molar-refractivity contribution in [3.8, 4) is 0 Å². The van der Waals surface area contributed by atoms with Crippen molar-refractivity contribution >= 4 is 7.60 Å². The summed E-state index contributed by atoms with van der Waals surface area (Å²) in [7, 11) is -3.62. The number of rotatable bonds is 8. The Bertz CT molecular complexity index is 753. The summed E-state index contributed by atoms with van der Waals surface area (Å²) in [4.78, 5) is 25.0. The third-order valence-corrected chi connectivity index (χ3v) is 5.97. The van der Waals surface area contributed by atoms with Crippen LogP contribution in [0.3, 0.4) is 0 Å². The minimum Gasteiger partial charge on any atom is -0.390 e. The lowest BCUT2D eigenvalue weighted by molar-refractivity contribution is -0.0806. The number of aliphatic hydroxyl groups is 3. The van der Waals surface area contributed by atoms with Crippen LogP contribution in [-0.2, 0) is 18.3 Å². The molecular formula is C14H23N2O9P. The van der Waals surface area contributed by atoms with Gasteiger partial charge in [-0.15, -0.1) is 0 Å². The van der Waals surface area contributed by atoms with Gasteiger partial charge in [-0.3, -0.25) is 18.9 Å². The molecular weight excluding hydrogens is 371 g/mol. The van der Waals surface area contributed by atoms with E-state index in [0.717, 1.165) is 16.8 Å². The second-order valence-corrected chi connectivity index (χ2v) is 7.79. The lowest BCUT2D eigenvalue weighted by atomic mass is 10.1. The monoisotopic (exact) mass is 394 g/mol. The van der Waals surface area contributed by atoms with Crippen LogP contribution >= 0.6 is 7.60 Å². The van der Waals surface area contributed by atoms with E-state index >= 15 is 0 Å². The lowest BCUT2D eigenvalue weighted by Crippen LogP contribution is -2.41. The molecule has 1 saturated heterocycles. The van der Waals surface area contributed by atoms with Gasteiger partial charge in [0.25, 0.3) is 5.56 Å². The van der Waals surface area contributed by atoms with Crippen LogP contribution in [0.4, 0.5) is 0 Å². The first-order chi connectivity index (χ1) is 12.2. The predicted molar refractivity (Wildman–Crippen MR) is 89.0 cm³/mol. The first kappa shape index (κ1) is 21.0. The number of hydrogen-bond donors (Lipinski definition) is 4. The topological polar surface area (TPSA) is 160 Å². The Morgan fingerprint density at radius 3 is 2.42 bits per heavy atom. The van der Waals surface area contributed by atoms with Crippen LogP contribution in [0.2, 0.25) is 0 Å². The standard InChI is InChI=1S/C14H23N2O9P/c1-3-23-26(22,24-4-2)7-8(17)12-10(19)11(20)13(25-12)16-6-5-9(18)15-14(16)21/h5-6,8,10-13,17,19-20H,3-4,7H2,1-2H3,(H,15,18,21)/t8-,10-,11-,12-,13-/m1/s1. The van der Waals surface area contributed by atoms with Gasteiger partial charge in [-0.05, 0) is 13.8 Å². The molecule has 1 fully saturated rings. The van der Waals surface area contributed by atoms with E-state index in [-0.39, 0.29) is 13.2 Å². The molecule has 2 rings (SSSR count). The minimum atomic E-state index is -3.62. The van der Waals surface area contributed by atoms with Gasteiger partial charge in [0.1, 0.15) is 18.3 Å². The normalized spacial score (nSPS) is 27.6. The zero-order valence-corrected chi connectivity index (χ0v) is 15.2. The van der Waals surface area contributed by atoms with Gasteiger partial charge in [-0.2, -0.15) is 0 Å². The van der Waals surface area contributed by atoms with Crippen LogP contribution in [0.1, 0.15) is 20.1 Å². The number of nitrogens with one attached hydrogen (secondary N) is 1. The highest BCUT2D eigenvalue weighted by molar-refractivity contribution is 7.53. The number of aromatic nitrogens is 2. The Kier molecular flexibility index (Phi) is 6.92. The zero-order valence-electron chi connectivity index (χ0n) is 14.3. The van der Waals surface area contributed by atoms with E-state index in [0.29, 0.717) is 0 Å². The van der Waals surface area contributed by atoms with Crippen LogP contribution in [0.15, 0.2) is 21.9 Å². The Hall–Kier alpha value is -1.33. The zero-order chi connectivity index (χ0) is 19.5. The maximum absolute atomic E-state index is 12.5. The second kappa shape index (κ2) is 8.57. The van der Waals surface area contributed by atoms with Crippen molar-refractivity contribution in [2.75, 3.05) is 19.4 Å². The van der Waals surface area contributed by atoms with E-state index < -0.39 is 55.7 Å². The predicted octanol–water partition coefficient (Wildman–Crippen LogP) is -1.22. The summed E-state index contributed by atoms with van der Waals surface area (Å²) < 4.78 is 29.0. The van der Waals surface area contributed by atoms with Gasteiger partial charge < -0.3 is 29.1 Å². The Morgan fingerprint density at radius 1 is 1.27 bits per heavy atom. The van der Waals surface area contributed by atoms with Crippen LogP contribution in [0.5, 0.6) is 0 Å². The van der Waals surface area contributed by atoms with E-state index in [1.165, 1.54) is 0 Å². The molecule has 0 aliphatic carbocycles. The molecule has 148 valence electrons. The fraction of sp³-hybridized carbons (Fsp3) is 0.714. The maximum atomic E-state index is 12.5. The molecule has 0 spiro atoms. The Labute approximate surface area is 148 Å². The number of H-pyrrole nitrogens is 1. The summed E-state index contributed by atoms with van der Waals surface area (Å²) in [5.41, 5.74) is -1.48. The van der Waals surface area contributed by atoms with Gasteiger partial charge in [-0.25, -0.2) is 4.79 Å². The average Bonchev–Trinajstić information content (AvgIpc) is 2.84. The number of hydrogen-bond acceptors (Lipinski definition) is 9.